The van der Waals surface area contributed by atoms with E-state index < -0.39 is 18.1 Å². The van der Waals surface area contributed by atoms with Crippen molar-refractivity contribution >= 4 is 29.2 Å². The number of carbonyl (C=O) groups is 5. The lowest BCUT2D eigenvalue weighted by molar-refractivity contribution is -0.130. The van der Waals surface area contributed by atoms with Gasteiger partial charge in [0.2, 0.25) is 11.8 Å². The van der Waals surface area contributed by atoms with Gasteiger partial charge in [0.05, 0.1) is 85.8 Å². The molecule has 0 rings (SSSR count). The van der Waals surface area contributed by atoms with Crippen LogP contribution in [0.15, 0.2) is 0 Å². The summed E-state index contributed by atoms with van der Waals surface area (Å²) in [6, 6.07) is 0. The summed E-state index contributed by atoms with van der Waals surface area (Å²) in [5, 5.41) is 5.08. The van der Waals surface area contributed by atoms with E-state index in [9.17, 15) is 24.0 Å². The molecule has 16 nitrogen and oxygen atoms in total. The van der Waals surface area contributed by atoms with Gasteiger partial charge in [-0.1, -0.05) is 6.92 Å². The highest BCUT2D eigenvalue weighted by molar-refractivity contribution is 5.85. The highest BCUT2D eigenvalue weighted by Gasteiger charge is 2.15. The molecule has 0 aliphatic rings. The van der Waals surface area contributed by atoms with E-state index in [1.54, 1.807) is 6.92 Å². The van der Waals surface area contributed by atoms with Gasteiger partial charge in [0.1, 0.15) is 44.4 Å². The second-order valence-electron chi connectivity index (χ2n) is 9.91. The number of Topliss-reactive ketones (excluding diaryl/α,β-unsaturated/α-hetero) is 3. The highest BCUT2D eigenvalue weighted by Crippen LogP contribution is 2.01. The van der Waals surface area contributed by atoms with Gasteiger partial charge in [0.25, 0.3) is 0 Å². The fourth-order valence-corrected chi connectivity index (χ4v) is 3.19. The zero-order valence-electron chi connectivity index (χ0n) is 27.8. The van der Waals surface area contributed by atoms with Gasteiger partial charge in [-0.25, -0.2) is 0 Å². The molecule has 2 amide bonds. The maximum atomic E-state index is 11.6. The van der Waals surface area contributed by atoms with Crippen LogP contribution in [0.5, 0.6) is 0 Å². The van der Waals surface area contributed by atoms with E-state index in [0.29, 0.717) is 13.0 Å². The monoisotopic (exact) mass is 666 g/mol. The third kappa shape index (κ3) is 30.3. The Morgan fingerprint density at radius 2 is 0.935 bits per heavy atom. The van der Waals surface area contributed by atoms with Crippen molar-refractivity contribution in [3.63, 3.8) is 0 Å². The van der Waals surface area contributed by atoms with Gasteiger partial charge in [-0.05, 0) is 20.8 Å². The SMILES string of the molecule is CCNC(=O)COCCOCC(COCC(COCCOCC(=O)NCC(C)=O)OCCOCC(=O)CC)OCCOCC(C)=O. The van der Waals surface area contributed by atoms with E-state index in [0.717, 1.165) is 0 Å². The second kappa shape index (κ2) is 31.2. The number of rotatable bonds is 34. The Labute approximate surface area is 271 Å². The number of hydrogen-bond acceptors (Lipinski definition) is 14. The number of hydrogen-bond donors (Lipinski definition) is 2. The van der Waals surface area contributed by atoms with Crippen LogP contribution in [0.3, 0.4) is 0 Å². The zero-order valence-corrected chi connectivity index (χ0v) is 27.8. The second-order valence-corrected chi connectivity index (χ2v) is 9.91. The molecule has 0 radical (unpaired) electrons. The van der Waals surface area contributed by atoms with Gasteiger partial charge in [0.15, 0.2) is 11.6 Å². The van der Waals surface area contributed by atoms with E-state index in [1.165, 1.54) is 13.8 Å². The lowest BCUT2D eigenvalue weighted by atomic mass is 10.3. The number of carbonyl (C=O) groups excluding carboxylic acids is 5. The summed E-state index contributed by atoms with van der Waals surface area (Å²) >= 11 is 0. The molecule has 0 saturated heterocycles. The van der Waals surface area contributed by atoms with Crippen molar-refractivity contribution in [3.8, 4) is 0 Å². The molecule has 0 heterocycles. The van der Waals surface area contributed by atoms with Crippen molar-refractivity contribution in [2.45, 2.75) is 46.3 Å². The number of nitrogens with one attached hydrogen (secondary N) is 2. The molecule has 268 valence electrons. The van der Waals surface area contributed by atoms with Crippen LogP contribution in [-0.4, -0.2) is 160 Å². The third-order valence-electron chi connectivity index (χ3n) is 5.46. The highest BCUT2D eigenvalue weighted by atomic mass is 16.6. The average Bonchev–Trinajstić information content (AvgIpc) is 3.01. The third-order valence-corrected chi connectivity index (χ3v) is 5.46. The predicted octanol–water partition coefficient (Wildman–Crippen LogP) is -0.718. The van der Waals surface area contributed by atoms with Crippen LogP contribution < -0.4 is 10.6 Å². The van der Waals surface area contributed by atoms with Crippen LogP contribution in [0, 0.1) is 0 Å². The first-order valence-electron chi connectivity index (χ1n) is 15.5. The quantitative estimate of drug-likeness (QED) is 0.0818. The molecule has 0 saturated carbocycles. The van der Waals surface area contributed by atoms with E-state index in [-0.39, 0.29) is 136 Å². The first-order valence-corrected chi connectivity index (χ1v) is 15.5. The molecule has 0 bridgehead atoms. The molecular weight excluding hydrogens is 612 g/mol. The minimum atomic E-state index is -0.493. The largest absolute Gasteiger partial charge is 0.376 e. The van der Waals surface area contributed by atoms with E-state index >= 15 is 0 Å². The van der Waals surface area contributed by atoms with Crippen LogP contribution in [0.1, 0.15) is 34.1 Å². The lowest BCUT2D eigenvalue weighted by Gasteiger charge is -2.22. The molecule has 0 fully saturated rings. The molecule has 0 aromatic rings. The van der Waals surface area contributed by atoms with Crippen molar-refractivity contribution in [2.24, 2.45) is 0 Å². The van der Waals surface area contributed by atoms with Crippen LogP contribution >= 0.6 is 0 Å². The summed E-state index contributed by atoms with van der Waals surface area (Å²) in [6.45, 7) is 8.87. The lowest BCUT2D eigenvalue weighted by Crippen LogP contribution is -2.33. The topological polar surface area (TPSA) is 192 Å². The van der Waals surface area contributed by atoms with Crippen molar-refractivity contribution in [3.05, 3.63) is 0 Å². The molecule has 0 spiro atoms. The van der Waals surface area contributed by atoms with Gasteiger partial charge < -0.3 is 53.3 Å². The van der Waals surface area contributed by atoms with Gasteiger partial charge in [0, 0.05) is 13.0 Å². The minimum Gasteiger partial charge on any atom is -0.376 e. The molecule has 0 aliphatic carbocycles. The molecule has 2 atom stereocenters. The molecule has 16 heteroatoms. The van der Waals surface area contributed by atoms with Crippen LogP contribution in [0.2, 0.25) is 0 Å². The molecule has 2 unspecified atom stereocenters. The van der Waals surface area contributed by atoms with Crippen molar-refractivity contribution in [2.75, 3.05) is 119 Å². The molecule has 0 aromatic carbocycles. The van der Waals surface area contributed by atoms with E-state index in [4.69, 9.17) is 42.6 Å². The van der Waals surface area contributed by atoms with Crippen molar-refractivity contribution in [1.82, 2.24) is 10.6 Å². The number of amides is 2. The minimum absolute atomic E-state index is 0.00257. The van der Waals surface area contributed by atoms with Crippen LogP contribution in [-0.2, 0) is 66.6 Å². The van der Waals surface area contributed by atoms with Crippen LogP contribution in [0.4, 0.5) is 0 Å². The Morgan fingerprint density at radius 1 is 0.500 bits per heavy atom. The number of ether oxygens (including phenoxy) is 9. The summed E-state index contributed by atoms with van der Waals surface area (Å²) in [4.78, 5) is 56.6. The maximum absolute atomic E-state index is 11.6. The Balaban J connectivity index is 4.71. The van der Waals surface area contributed by atoms with Gasteiger partial charge >= 0.3 is 0 Å². The Bertz CT molecular complexity index is 829. The Hall–Kier alpha value is -2.41. The molecule has 0 aromatic heterocycles. The summed E-state index contributed by atoms with van der Waals surface area (Å²) in [5.74, 6) is -0.856. The zero-order chi connectivity index (χ0) is 34.3. The fourth-order valence-electron chi connectivity index (χ4n) is 3.19. The summed E-state index contributed by atoms with van der Waals surface area (Å²) in [6.07, 6.45) is -0.575. The fraction of sp³-hybridized carbons (Fsp3) is 0.833. The van der Waals surface area contributed by atoms with Gasteiger partial charge in [-0.3, -0.25) is 24.0 Å². The Morgan fingerprint density at radius 3 is 1.41 bits per heavy atom. The standard InChI is InChI=1S/C30H54N2O14/c1-5-26(35)17-39-12-14-46-28(19-41-8-10-43-23-30(37)32-15-24(3)33)21-44-20-27(45-13-11-38-16-25(4)34)18-40-7-9-42-22-29(36)31-6-2/h27-28H,5-23H2,1-4H3,(H,31,36)(H,32,37). The normalized spacial score (nSPS) is 12.4. The first-order chi connectivity index (χ1) is 22.2. The molecular formula is C30H54N2O14. The number of likely N-dealkylation sites (N-methyl/N-ethyl adjacent to an activating group) is 1. The van der Waals surface area contributed by atoms with Gasteiger partial charge in [-0.15, -0.1) is 0 Å². The number of ketones is 3. The average molecular weight is 667 g/mol. The molecule has 46 heavy (non-hydrogen) atoms. The molecule has 0 aliphatic heterocycles. The smallest absolute Gasteiger partial charge is 0.246 e. The maximum Gasteiger partial charge on any atom is 0.246 e. The van der Waals surface area contributed by atoms with Crippen molar-refractivity contribution < 1.29 is 66.6 Å². The van der Waals surface area contributed by atoms with E-state index in [2.05, 4.69) is 10.6 Å². The van der Waals surface area contributed by atoms with Crippen molar-refractivity contribution in [1.29, 1.82) is 0 Å². The summed E-state index contributed by atoms with van der Waals surface area (Å²) < 4.78 is 49.9. The molecule has 2 N–H and O–H groups in total. The predicted molar refractivity (Wildman–Crippen MR) is 164 cm³/mol. The summed E-state index contributed by atoms with van der Waals surface area (Å²) in [5.41, 5.74) is 0. The van der Waals surface area contributed by atoms with Crippen LogP contribution in [0.25, 0.3) is 0 Å². The first kappa shape index (κ1) is 43.6. The van der Waals surface area contributed by atoms with Gasteiger partial charge in [-0.2, -0.15) is 0 Å². The Kier molecular flexibility index (Phi) is 29.6. The van der Waals surface area contributed by atoms with E-state index in [1.807, 2.05) is 6.92 Å². The summed E-state index contributed by atoms with van der Waals surface area (Å²) in [7, 11) is 0.